The maximum absolute atomic E-state index is 12.2. The molecule has 0 bridgehead atoms. The monoisotopic (exact) mass is 308 g/mol. The number of carbonyl (C=O) groups is 2. The zero-order valence-electron chi connectivity index (χ0n) is 13.5. The zero-order chi connectivity index (χ0) is 16.5. The molecule has 6 heteroatoms. The van der Waals surface area contributed by atoms with E-state index in [4.69, 9.17) is 9.57 Å². The standard InChI is InChI=1S/C16H24N2O4/c1-5-21-13-9-7-12(8-10-13)15(19)17-14(11(3)4)16(20)18-22-6-2/h7-11,14H,5-6H2,1-4H3,(H,17,19)(H,18,20). The molecule has 0 aliphatic rings. The van der Waals surface area contributed by atoms with Gasteiger partial charge in [-0.05, 0) is 44.0 Å². The van der Waals surface area contributed by atoms with Gasteiger partial charge < -0.3 is 10.1 Å². The van der Waals surface area contributed by atoms with E-state index in [1.165, 1.54) is 0 Å². The highest BCUT2D eigenvalue weighted by molar-refractivity contribution is 5.97. The molecule has 2 amide bonds. The van der Waals surface area contributed by atoms with Crippen LogP contribution in [0.3, 0.4) is 0 Å². The van der Waals surface area contributed by atoms with Crippen LogP contribution in [0.15, 0.2) is 24.3 Å². The van der Waals surface area contributed by atoms with Crippen molar-refractivity contribution in [2.45, 2.75) is 33.7 Å². The van der Waals surface area contributed by atoms with E-state index in [1.807, 2.05) is 20.8 Å². The molecule has 1 atom stereocenters. The minimum absolute atomic E-state index is 0.0629. The first-order valence-corrected chi connectivity index (χ1v) is 7.44. The van der Waals surface area contributed by atoms with Gasteiger partial charge in [0.25, 0.3) is 11.8 Å². The molecule has 1 unspecified atom stereocenters. The third kappa shape index (κ3) is 5.37. The Balaban J connectivity index is 2.72. The van der Waals surface area contributed by atoms with Crippen molar-refractivity contribution in [3.8, 4) is 5.75 Å². The van der Waals surface area contributed by atoms with Crippen LogP contribution in [-0.4, -0.2) is 31.1 Å². The maximum Gasteiger partial charge on any atom is 0.266 e. The van der Waals surface area contributed by atoms with Gasteiger partial charge in [-0.1, -0.05) is 13.8 Å². The van der Waals surface area contributed by atoms with Gasteiger partial charge in [0.15, 0.2) is 0 Å². The second kappa shape index (κ2) is 9.04. The largest absolute Gasteiger partial charge is 0.494 e. The molecule has 0 saturated carbocycles. The van der Waals surface area contributed by atoms with Crippen molar-refractivity contribution in [3.05, 3.63) is 29.8 Å². The van der Waals surface area contributed by atoms with E-state index < -0.39 is 6.04 Å². The van der Waals surface area contributed by atoms with Gasteiger partial charge in [-0.2, -0.15) is 0 Å². The maximum atomic E-state index is 12.2. The molecule has 6 nitrogen and oxygen atoms in total. The Kier molecular flexibility index (Phi) is 7.39. The molecular formula is C16H24N2O4. The van der Waals surface area contributed by atoms with E-state index in [9.17, 15) is 9.59 Å². The number of hydrogen-bond acceptors (Lipinski definition) is 4. The molecule has 122 valence electrons. The molecule has 0 aromatic heterocycles. The van der Waals surface area contributed by atoms with Crippen LogP contribution in [0.25, 0.3) is 0 Å². The van der Waals surface area contributed by atoms with E-state index in [2.05, 4.69) is 10.8 Å². The summed E-state index contributed by atoms with van der Waals surface area (Å²) in [6, 6.07) is 6.12. The second-order valence-corrected chi connectivity index (χ2v) is 5.05. The Labute approximate surface area is 131 Å². The van der Waals surface area contributed by atoms with Crippen molar-refractivity contribution in [1.82, 2.24) is 10.8 Å². The molecule has 0 spiro atoms. The molecule has 0 aliphatic carbocycles. The highest BCUT2D eigenvalue weighted by atomic mass is 16.6. The van der Waals surface area contributed by atoms with Crippen molar-refractivity contribution in [1.29, 1.82) is 0 Å². The molecule has 1 aromatic rings. The molecule has 1 rings (SSSR count). The second-order valence-electron chi connectivity index (χ2n) is 5.05. The summed E-state index contributed by atoms with van der Waals surface area (Å²) in [7, 11) is 0. The third-order valence-corrected chi connectivity index (χ3v) is 2.98. The van der Waals surface area contributed by atoms with Crippen molar-refractivity contribution >= 4 is 11.8 Å². The Hall–Kier alpha value is -2.08. The zero-order valence-corrected chi connectivity index (χ0v) is 13.5. The van der Waals surface area contributed by atoms with Gasteiger partial charge in [-0.25, -0.2) is 5.48 Å². The summed E-state index contributed by atoms with van der Waals surface area (Å²) in [5, 5.41) is 2.72. The molecule has 0 heterocycles. The summed E-state index contributed by atoms with van der Waals surface area (Å²) in [5.74, 6) is -0.0369. The average molecular weight is 308 g/mol. The normalized spacial score (nSPS) is 11.9. The lowest BCUT2D eigenvalue weighted by Gasteiger charge is -2.21. The highest BCUT2D eigenvalue weighted by Gasteiger charge is 2.24. The van der Waals surface area contributed by atoms with Crippen molar-refractivity contribution < 1.29 is 19.2 Å². The molecular weight excluding hydrogens is 284 g/mol. The van der Waals surface area contributed by atoms with Crippen LogP contribution < -0.4 is 15.5 Å². The quantitative estimate of drug-likeness (QED) is 0.719. The van der Waals surface area contributed by atoms with E-state index in [0.717, 1.165) is 0 Å². The van der Waals surface area contributed by atoms with Crippen molar-refractivity contribution in [2.75, 3.05) is 13.2 Å². The molecule has 0 radical (unpaired) electrons. The minimum atomic E-state index is -0.661. The summed E-state index contributed by atoms with van der Waals surface area (Å²) in [5.41, 5.74) is 2.79. The predicted molar refractivity (Wildman–Crippen MR) is 83.5 cm³/mol. The van der Waals surface area contributed by atoms with Crippen LogP contribution in [0.2, 0.25) is 0 Å². The van der Waals surface area contributed by atoms with Crippen molar-refractivity contribution in [2.24, 2.45) is 5.92 Å². The number of carbonyl (C=O) groups excluding carboxylic acids is 2. The van der Waals surface area contributed by atoms with E-state index >= 15 is 0 Å². The first-order valence-electron chi connectivity index (χ1n) is 7.44. The first-order chi connectivity index (χ1) is 10.5. The minimum Gasteiger partial charge on any atom is -0.494 e. The van der Waals surface area contributed by atoms with Crippen LogP contribution in [-0.2, 0) is 9.63 Å². The lowest BCUT2D eigenvalue weighted by molar-refractivity contribution is -0.136. The molecule has 22 heavy (non-hydrogen) atoms. The number of hydroxylamine groups is 1. The van der Waals surface area contributed by atoms with Gasteiger partial charge in [-0.3, -0.25) is 14.4 Å². The summed E-state index contributed by atoms with van der Waals surface area (Å²) in [6.07, 6.45) is 0. The fourth-order valence-corrected chi connectivity index (χ4v) is 1.84. The summed E-state index contributed by atoms with van der Waals surface area (Å²) >= 11 is 0. The summed E-state index contributed by atoms with van der Waals surface area (Å²) in [6.45, 7) is 8.30. The van der Waals surface area contributed by atoms with Gasteiger partial charge in [0.05, 0.1) is 13.2 Å². The molecule has 0 saturated heterocycles. The van der Waals surface area contributed by atoms with Gasteiger partial charge in [0, 0.05) is 5.56 Å². The van der Waals surface area contributed by atoms with Gasteiger partial charge in [0.1, 0.15) is 11.8 Å². The number of ether oxygens (including phenoxy) is 1. The van der Waals surface area contributed by atoms with Crippen molar-refractivity contribution in [3.63, 3.8) is 0 Å². The SMILES string of the molecule is CCONC(=O)C(NC(=O)c1ccc(OCC)cc1)C(C)C. The van der Waals surface area contributed by atoms with Gasteiger partial charge >= 0.3 is 0 Å². The predicted octanol–water partition coefficient (Wildman–Crippen LogP) is 1.91. The summed E-state index contributed by atoms with van der Waals surface area (Å²) in [4.78, 5) is 29.1. The molecule has 1 aromatic carbocycles. The number of amides is 2. The van der Waals surface area contributed by atoms with Crippen LogP contribution in [0.4, 0.5) is 0 Å². The smallest absolute Gasteiger partial charge is 0.266 e. The lowest BCUT2D eigenvalue weighted by atomic mass is 10.0. The Morgan fingerprint density at radius 1 is 1.09 bits per heavy atom. The Morgan fingerprint density at radius 2 is 1.73 bits per heavy atom. The lowest BCUT2D eigenvalue weighted by Crippen LogP contribution is -2.49. The van der Waals surface area contributed by atoms with Crippen LogP contribution >= 0.6 is 0 Å². The molecule has 0 aliphatic heterocycles. The van der Waals surface area contributed by atoms with E-state index in [0.29, 0.717) is 24.5 Å². The number of hydrogen-bond donors (Lipinski definition) is 2. The third-order valence-electron chi connectivity index (χ3n) is 2.98. The number of benzene rings is 1. The Bertz CT molecular complexity index is 485. The van der Waals surface area contributed by atoms with E-state index in [-0.39, 0.29) is 17.7 Å². The first kappa shape index (κ1) is 18.0. The molecule has 2 N–H and O–H groups in total. The average Bonchev–Trinajstić information content (AvgIpc) is 2.50. The highest BCUT2D eigenvalue weighted by Crippen LogP contribution is 2.12. The molecule has 0 fully saturated rings. The fourth-order valence-electron chi connectivity index (χ4n) is 1.84. The summed E-state index contributed by atoms with van der Waals surface area (Å²) < 4.78 is 5.33. The van der Waals surface area contributed by atoms with Gasteiger partial charge in [0.2, 0.25) is 0 Å². The number of nitrogens with one attached hydrogen (secondary N) is 2. The Morgan fingerprint density at radius 3 is 2.23 bits per heavy atom. The van der Waals surface area contributed by atoms with Crippen LogP contribution in [0.5, 0.6) is 5.75 Å². The van der Waals surface area contributed by atoms with E-state index in [1.54, 1.807) is 31.2 Å². The van der Waals surface area contributed by atoms with Crippen LogP contribution in [0.1, 0.15) is 38.1 Å². The fraction of sp³-hybridized carbons (Fsp3) is 0.500. The topological polar surface area (TPSA) is 76.7 Å². The number of rotatable bonds is 8. The van der Waals surface area contributed by atoms with Crippen LogP contribution in [0, 0.1) is 5.92 Å². The van der Waals surface area contributed by atoms with Gasteiger partial charge in [-0.15, -0.1) is 0 Å².